The van der Waals surface area contributed by atoms with E-state index in [0.29, 0.717) is 11.5 Å². The van der Waals surface area contributed by atoms with E-state index in [1.807, 2.05) is 12.1 Å². The molecule has 3 heterocycles. The quantitative estimate of drug-likeness (QED) is 0.170. The fraction of sp³-hybridized carbons (Fsp3) is 0. The monoisotopic (exact) mass is 737 g/mol. The zero-order chi connectivity index (χ0) is 37.9. The van der Waals surface area contributed by atoms with Gasteiger partial charge in [-0.1, -0.05) is 158 Å². The van der Waals surface area contributed by atoms with Gasteiger partial charge in [-0.2, -0.15) is 0 Å². The van der Waals surface area contributed by atoms with Crippen LogP contribution in [0.15, 0.2) is 192 Å². The highest BCUT2D eigenvalue weighted by molar-refractivity contribution is 6.36. The van der Waals surface area contributed by atoms with Gasteiger partial charge in [-0.25, -0.2) is 9.97 Å². The maximum atomic E-state index is 6.66. The van der Waals surface area contributed by atoms with Crippen molar-refractivity contribution in [3.63, 3.8) is 0 Å². The molecule has 13 aromatic rings. The molecule has 0 aliphatic heterocycles. The van der Waals surface area contributed by atoms with E-state index in [1.54, 1.807) is 0 Å². The summed E-state index contributed by atoms with van der Waals surface area (Å²) >= 11 is 0. The molecule has 0 aliphatic rings. The molecule has 3 aromatic heterocycles. The summed E-state index contributed by atoms with van der Waals surface area (Å²) < 4.78 is 8.96. The van der Waals surface area contributed by atoms with Crippen LogP contribution in [0.2, 0.25) is 0 Å². The summed E-state index contributed by atoms with van der Waals surface area (Å²) in [6.45, 7) is 0. The zero-order valence-electron chi connectivity index (χ0n) is 31.1. The van der Waals surface area contributed by atoms with E-state index in [4.69, 9.17) is 14.4 Å². The normalized spacial score (nSPS) is 12.1. The Morgan fingerprint density at radius 3 is 1.76 bits per heavy atom. The predicted molar refractivity (Wildman–Crippen MR) is 242 cm³/mol. The molecular weight excluding hydrogens is 707 g/mol. The molecule has 4 heteroatoms. The number of hydrogen-bond acceptors (Lipinski definition) is 3. The number of furan rings is 1. The van der Waals surface area contributed by atoms with E-state index in [0.717, 1.165) is 54.9 Å². The lowest BCUT2D eigenvalue weighted by molar-refractivity contribution is 0.666. The molecule has 0 radical (unpaired) electrons. The Balaban J connectivity index is 1.16. The first-order valence-corrected chi connectivity index (χ1v) is 19.7. The number of aromatic nitrogens is 3. The molecule has 0 saturated heterocycles. The number of para-hydroxylation sites is 1. The van der Waals surface area contributed by atoms with Crippen LogP contribution in [0.1, 0.15) is 0 Å². The van der Waals surface area contributed by atoms with Crippen LogP contribution in [-0.2, 0) is 0 Å². The van der Waals surface area contributed by atoms with Crippen molar-refractivity contribution in [1.82, 2.24) is 14.5 Å². The third kappa shape index (κ3) is 4.40. The maximum absolute atomic E-state index is 6.66. The average Bonchev–Trinajstić information content (AvgIpc) is 3.85. The summed E-state index contributed by atoms with van der Waals surface area (Å²) in [6, 6.07) is 67.3. The molecule has 268 valence electrons. The Kier molecular flexibility index (Phi) is 6.41. The van der Waals surface area contributed by atoms with Crippen LogP contribution in [0.25, 0.3) is 126 Å². The standard InChI is InChI=1S/C54H31N3O/c1-2-12-32(13-3-1)34-22-23-36-31-37(25-24-35(36)30-34)50-53-51(44-20-10-11-21-47(44)58-53)56-54(55-50)57-46-29-28-43-41-18-7-6-16-39(41)40-17-8-9-19-42(40)48(43)49(46)45-27-26-33-14-4-5-15-38(33)52(45)57/h1-31H. The minimum absolute atomic E-state index is 0.606. The van der Waals surface area contributed by atoms with E-state index < -0.39 is 0 Å². The summed E-state index contributed by atoms with van der Waals surface area (Å²) in [7, 11) is 0. The molecule has 0 aliphatic carbocycles. The Labute approximate surface area is 331 Å². The highest BCUT2D eigenvalue weighted by Gasteiger charge is 2.24. The van der Waals surface area contributed by atoms with Gasteiger partial charge in [0.15, 0.2) is 5.58 Å². The summed E-state index contributed by atoms with van der Waals surface area (Å²) in [5.74, 6) is 0.606. The van der Waals surface area contributed by atoms with E-state index >= 15 is 0 Å². The van der Waals surface area contributed by atoms with Gasteiger partial charge in [0, 0.05) is 32.5 Å². The van der Waals surface area contributed by atoms with Gasteiger partial charge in [0.1, 0.15) is 16.8 Å². The molecule has 0 atom stereocenters. The Morgan fingerprint density at radius 2 is 0.966 bits per heavy atom. The van der Waals surface area contributed by atoms with Crippen LogP contribution >= 0.6 is 0 Å². The van der Waals surface area contributed by atoms with Crippen LogP contribution in [0.3, 0.4) is 0 Å². The molecule has 0 bridgehead atoms. The molecule has 4 nitrogen and oxygen atoms in total. The summed E-state index contributed by atoms with van der Waals surface area (Å²) in [5, 5.41) is 15.4. The van der Waals surface area contributed by atoms with Crippen LogP contribution in [0.5, 0.6) is 0 Å². The predicted octanol–water partition coefficient (Wildman–Crippen LogP) is 14.6. The lowest BCUT2D eigenvalue weighted by Gasteiger charge is -2.13. The average molecular weight is 738 g/mol. The minimum Gasteiger partial charge on any atom is -0.452 e. The first-order chi connectivity index (χ1) is 28.8. The first-order valence-electron chi connectivity index (χ1n) is 19.7. The Bertz CT molecular complexity index is 3820. The highest BCUT2D eigenvalue weighted by atomic mass is 16.3. The molecule has 0 unspecified atom stereocenters. The fourth-order valence-corrected chi connectivity index (χ4v) is 9.55. The SMILES string of the molecule is c1ccc(-c2ccc3cc(-c4nc(-n5c6ccc7c8ccccc8c8ccccc8c7c6c6ccc7ccccc7c65)nc5c4oc4ccccc45)ccc3c2)cc1. The number of hydrogen-bond donors (Lipinski definition) is 0. The molecule has 0 saturated carbocycles. The number of fused-ring (bicyclic) bond motifs is 16. The van der Waals surface area contributed by atoms with Crippen molar-refractivity contribution < 1.29 is 4.42 Å². The van der Waals surface area contributed by atoms with Crippen LogP contribution < -0.4 is 0 Å². The number of rotatable bonds is 3. The van der Waals surface area contributed by atoms with E-state index in [1.165, 1.54) is 59.6 Å². The fourth-order valence-electron chi connectivity index (χ4n) is 9.55. The van der Waals surface area contributed by atoms with Gasteiger partial charge < -0.3 is 4.42 Å². The second kappa shape index (κ2) is 11.8. The Hall–Kier alpha value is -7.82. The summed E-state index contributed by atoms with van der Waals surface area (Å²) in [4.78, 5) is 11.0. The third-order valence-corrected chi connectivity index (χ3v) is 12.2. The molecule has 13 rings (SSSR count). The van der Waals surface area contributed by atoms with Crippen molar-refractivity contribution in [3.8, 4) is 28.3 Å². The van der Waals surface area contributed by atoms with Crippen molar-refractivity contribution in [2.75, 3.05) is 0 Å². The topological polar surface area (TPSA) is 43.9 Å². The lowest BCUT2D eigenvalue weighted by Crippen LogP contribution is -2.03. The molecule has 0 fully saturated rings. The van der Waals surface area contributed by atoms with Gasteiger partial charge in [-0.05, 0) is 84.5 Å². The van der Waals surface area contributed by atoms with Crippen molar-refractivity contribution >= 4 is 97.7 Å². The lowest BCUT2D eigenvalue weighted by atomic mass is 9.91. The Morgan fingerprint density at radius 1 is 0.379 bits per heavy atom. The maximum Gasteiger partial charge on any atom is 0.236 e. The second-order valence-electron chi connectivity index (χ2n) is 15.3. The smallest absolute Gasteiger partial charge is 0.236 e. The zero-order valence-corrected chi connectivity index (χ0v) is 31.1. The molecule has 0 N–H and O–H groups in total. The molecular formula is C54H31N3O. The van der Waals surface area contributed by atoms with Crippen LogP contribution in [-0.4, -0.2) is 14.5 Å². The van der Waals surface area contributed by atoms with Crippen molar-refractivity contribution in [3.05, 3.63) is 188 Å². The van der Waals surface area contributed by atoms with Crippen molar-refractivity contribution in [2.24, 2.45) is 0 Å². The van der Waals surface area contributed by atoms with Crippen molar-refractivity contribution in [1.29, 1.82) is 0 Å². The van der Waals surface area contributed by atoms with Crippen molar-refractivity contribution in [2.45, 2.75) is 0 Å². The number of benzene rings is 10. The third-order valence-electron chi connectivity index (χ3n) is 12.2. The first kappa shape index (κ1) is 31.4. The van der Waals surface area contributed by atoms with Gasteiger partial charge in [0.25, 0.3) is 0 Å². The minimum atomic E-state index is 0.606. The van der Waals surface area contributed by atoms with E-state index in [9.17, 15) is 0 Å². The second-order valence-corrected chi connectivity index (χ2v) is 15.3. The van der Waals surface area contributed by atoms with Gasteiger partial charge in [-0.3, -0.25) is 4.57 Å². The van der Waals surface area contributed by atoms with E-state index in [-0.39, 0.29) is 0 Å². The summed E-state index contributed by atoms with van der Waals surface area (Å²) in [5.41, 5.74) is 8.53. The molecule has 0 amide bonds. The molecule has 10 aromatic carbocycles. The summed E-state index contributed by atoms with van der Waals surface area (Å²) in [6.07, 6.45) is 0. The van der Waals surface area contributed by atoms with E-state index in [2.05, 4.69) is 180 Å². The van der Waals surface area contributed by atoms with Gasteiger partial charge in [0.2, 0.25) is 5.95 Å². The van der Waals surface area contributed by atoms with Gasteiger partial charge in [0.05, 0.1) is 11.0 Å². The highest BCUT2D eigenvalue weighted by Crippen LogP contribution is 2.45. The molecule has 58 heavy (non-hydrogen) atoms. The van der Waals surface area contributed by atoms with Crippen LogP contribution in [0.4, 0.5) is 0 Å². The van der Waals surface area contributed by atoms with Gasteiger partial charge >= 0.3 is 0 Å². The number of nitrogens with zero attached hydrogens (tertiary/aromatic N) is 3. The largest absolute Gasteiger partial charge is 0.452 e. The molecule has 0 spiro atoms. The van der Waals surface area contributed by atoms with Crippen LogP contribution in [0, 0.1) is 0 Å². The van der Waals surface area contributed by atoms with Gasteiger partial charge in [-0.15, -0.1) is 0 Å².